The van der Waals surface area contributed by atoms with Gasteiger partial charge in [-0.1, -0.05) is 32.4 Å². The molecule has 0 saturated heterocycles. The number of carbonyl (C=O) groups excluding carboxylic acids is 2. The number of esters is 1. The molecule has 0 aliphatic carbocycles. The van der Waals surface area contributed by atoms with E-state index in [1.807, 2.05) is 6.08 Å². The number of allylic oxidation sites excluding steroid dienone is 2. The van der Waals surface area contributed by atoms with Crippen LogP contribution in [0, 0.1) is 5.92 Å². The van der Waals surface area contributed by atoms with E-state index in [2.05, 4.69) is 19.9 Å². The number of ether oxygens (including phenoxy) is 2. The van der Waals surface area contributed by atoms with E-state index in [4.69, 9.17) is 15.2 Å². The predicted molar refractivity (Wildman–Crippen MR) is 73.4 cm³/mol. The first-order valence-corrected chi connectivity index (χ1v) is 6.58. The molecule has 0 rings (SSSR count). The maximum Gasteiger partial charge on any atom is 0.303 e. The van der Waals surface area contributed by atoms with E-state index >= 15 is 0 Å². The number of amides is 1. The van der Waals surface area contributed by atoms with Gasteiger partial charge in [0.25, 0.3) is 0 Å². The molecule has 0 fully saturated rings. The minimum atomic E-state index is -0.902. The maximum atomic E-state index is 11.2. The monoisotopic (exact) mass is 271 g/mol. The van der Waals surface area contributed by atoms with Crippen molar-refractivity contribution in [1.29, 1.82) is 0 Å². The van der Waals surface area contributed by atoms with E-state index in [9.17, 15) is 9.59 Å². The van der Waals surface area contributed by atoms with Crippen molar-refractivity contribution in [2.24, 2.45) is 11.7 Å². The number of methoxy groups -OCH3 is 1. The van der Waals surface area contributed by atoms with E-state index in [0.717, 1.165) is 6.42 Å². The molecule has 2 N–H and O–H groups in total. The van der Waals surface area contributed by atoms with Gasteiger partial charge in [-0.05, 0) is 18.8 Å². The first-order chi connectivity index (χ1) is 8.92. The Morgan fingerprint density at radius 1 is 1.37 bits per heavy atom. The molecule has 0 aromatic heterocycles. The summed E-state index contributed by atoms with van der Waals surface area (Å²) in [4.78, 5) is 22.3. The molecular formula is C14H25NO4. The van der Waals surface area contributed by atoms with Gasteiger partial charge in [0, 0.05) is 14.0 Å². The largest absolute Gasteiger partial charge is 0.459 e. The molecule has 0 aliphatic rings. The smallest absolute Gasteiger partial charge is 0.303 e. The van der Waals surface area contributed by atoms with Crippen LogP contribution in [0.25, 0.3) is 0 Å². The van der Waals surface area contributed by atoms with Crippen LogP contribution >= 0.6 is 0 Å². The lowest BCUT2D eigenvalue weighted by Gasteiger charge is -2.22. The Morgan fingerprint density at radius 3 is 2.42 bits per heavy atom. The summed E-state index contributed by atoms with van der Waals surface area (Å²) in [5, 5.41) is 0. The minimum Gasteiger partial charge on any atom is -0.459 e. The molecule has 3 unspecified atom stereocenters. The molecule has 0 radical (unpaired) electrons. The summed E-state index contributed by atoms with van der Waals surface area (Å²) in [5.74, 6) is -0.555. The molecule has 0 aromatic carbocycles. The molecule has 0 saturated carbocycles. The maximum absolute atomic E-state index is 11.2. The van der Waals surface area contributed by atoms with Crippen molar-refractivity contribution in [3.63, 3.8) is 0 Å². The summed E-state index contributed by atoms with van der Waals surface area (Å²) in [5.41, 5.74) is 5.22. The quantitative estimate of drug-likeness (QED) is 0.512. The zero-order chi connectivity index (χ0) is 14.8. The standard InChI is InChI=1S/C14H25NO4/c1-5-10(2)8-6-7-9-12(19-11(3)16)13(18-4)14(15)17/h6,8,10,12-13H,5,7,9H2,1-4H3,(H2,15,17)/b8-6+. The molecule has 19 heavy (non-hydrogen) atoms. The highest BCUT2D eigenvalue weighted by atomic mass is 16.6. The van der Waals surface area contributed by atoms with Gasteiger partial charge in [0.2, 0.25) is 5.91 Å². The fraction of sp³-hybridized carbons (Fsp3) is 0.714. The third kappa shape index (κ3) is 7.62. The number of hydrogen-bond donors (Lipinski definition) is 1. The van der Waals surface area contributed by atoms with E-state index in [-0.39, 0.29) is 0 Å². The predicted octanol–water partition coefficient (Wildman–Crippen LogP) is 1.80. The summed E-state index contributed by atoms with van der Waals surface area (Å²) in [6, 6.07) is 0. The molecule has 5 nitrogen and oxygen atoms in total. The van der Waals surface area contributed by atoms with E-state index in [0.29, 0.717) is 18.8 Å². The van der Waals surface area contributed by atoms with Gasteiger partial charge in [-0.3, -0.25) is 9.59 Å². The van der Waals surface area contributed by atoms with Gasteiger partial charge < -0.3 is 15.2 Å². The van der Waals surface area contributed by atoms with Crippen molar-refractivity contribution in [3.05, 3.63) is 12.2 Å². The third-order valence-electron chi connectivity index (χ3n) is 2.92. The zero-order valence-corrected chi connectivity index (χ0v) is 12.2. The summed E-state index contributed by atoms with van der Waals surface area (Å²) in [7, 11) is 1.38. The fourth-order valence-electron chi connectivity index (χ4n) is 1.66. The Morgan fingerprint density at radius 2 is 2.00 bits per heavy atom. The number of hydrogen-bond acceptors (Lipinski definition) is 4. The van der Waals surface area contributed by atoms with Gasteiger partial charge >= 0.3 is 5.97 Å². The van der Waals surface area contributed by atoms with Crippen LogP contribution in [-0.2, 0) is 19.1 Å². The van der Waals surface area contributed by atoms with Crippen molar-refractivity contribution < 1.29 is 19.1 Å². The molecule has 3 atom stereocenters. The molecule has 0 aliphatic heterocycles. The van der Waals surface area contributed by atoms with Crippen molar-refractivity contribution in [2.45, 2.75) is 52.2 Å². The van der Waals surface area contributed by atoms with Crippen LogP contribution in [0.3, 0.4) is 0 Å². The molecule has 0 bridgehead atoms. The highest BCUT2D eigenvalue weighted by Crippen LogP contribution is 2.12. The summed E-state index contributed by atoms with van der Waals surface area (Å²) in [6.45, 7) is 5.54. The fourth-order valence-corrected chi connectivity index (χ4v) is 1.66. The van der Waals surface area contributed by atoms with Crippen molar-refractivity contribution >= 4 is 11.9 Å². The number of nitrogens with two attached hydrogens (primary N) is 1. The Balaban J connectivity index is 4.47. The molecule has 1 amide bonds. The third-order valence-corrected chi connectivity index (χ3v) is 2.92. The Labute approximate surface area is 115 Å². The summed E-state index contributed by atoms with van der Waals surface area (Å²) < 4.78 is 10.1. The highest BCUT2D eigenvalue weighted by Gasteiger charge is 2.28. The van der Waals surface area contributed by atoms with Crippen LogP contribution in [0.5, 0.6) is 0 Å². The van der Waals surface area contributed by atoms with Gasteiger partial charge in [-0.2, -0.15) is 0 Å². The minimum absolute atomic E-state index is 0.445. The first kappa shape index (κ1) is 17.6. The SMILES string of the molecule is CCC(C)/C=C/CCC(OC(C)=O)C(OC)C(N)=O. The Kier molecular flexibility index (Phi) is 8.87. The van der Waals surface area contributed by atoms with E-state index < -0.39 is 24.1 Å². The van der Waals surface area contributed by atoms with Gasteiger partial charge in [0.15, 0.2) is 6.10 Å². The molecule has 0 spiro atoms. The van der Waals surface area contributed by atoms with Gasteiger partial charge in [-0.15, -0.1) is 0 Å². The molecular weight excluding hydrogens is 246 g/mol. The number of primary amides is 1. The average Bonchev–Trinajstić information content (AvgIpc) is 2.33. The van der Waals surface area contributed by atoms with Gasteiger partial charge in [-0.25, -0.2) is 0 Å². The van der Waals surface area contributed by atoms with Crippen molar-refractivity contribution in [3.8, 4) is 0 Å². The number of rotatable bonds is 9. The second kappa shape index (κ2) is 9.55. The van der Waals surface area contributed by atoms with E-state index in [1.54, 1.807) is 0 Å². The lowest BCUT2D eigenvalue weighted by atomic mass is 10.0. The molecule has 0 aromatic rings. The van der Waals surface area contributed by atoms with Gasteiger partial charge in [0.05, 0.1) is 0 Å². The van der Waals surface area contributed by atoms with Crippen LogP contribution in [0.15, 0.2) is 12.2 Å². The van der Waals surface area contributed by atoms with Crippen LogP contribution in [0.4, 0.5) is 0 Å². The highest BCUT2D eigenvalue weighted by molar-refractivity contribution is 5.80. The Hall–Kier alpha value is -1.36. The molecule has 110 valence electrons. The van der Waals surface area contributed by atoms with Gasteiger partial charge in [0.1, 0.15) is 6.10 Å². The Bertz CT molecular complexity index is 315. The van der Waals surface area contributed by atoms with Crippen molar-refractivity contribution in [2.75, 3.05) is 7.11 Å². The zero-order valence-electron chi connectivity index (χ0n) is 12.2. The van der Waals surface area contributed by atoms with Crippen molar-refractivity contribution in [1.82, 2.24) is 0 Å². The normalized spacial score (nSPS) is 16.0. The first-order valence-electron chi connectivity index (χ1n) is 6.58. The van der Waals surface area contributed by atoms with Crippen LogP contribution in [0.1, 0.15) is 40.0 Å². The summed E-state index contributed by atoms with van der Waals surface area (Å²) in [6.07, 6.45) is 4.88. The molecule has 0 heterocycles. The lowest BCUT2D eigenvalue weighted by Crippen LogP contribution is -2.42. The van der Waals surface area contributed by atoms with Crippen LogP contribution in [0.2, 0.25) is 0 Å². The topological polar surface area (TPSA) is 78.6 Å². The molecule has 5 heteroatoms. The van der Waals surface area contributed by atoms with E-state index in [1.165, 1.54) is 14.0 Å². The number of carbonyl (C=O) groups is 2. The second-order valence-electron chi connectivity index (χ2n) is 4.60. The lowest BCUT2D eigenvalue weighted by molar-refractivity contribution is -0.157. The van der Waals surface area contributed by atoms with Crippen LogP contribution in [-0.4, -0.2) is 31.2 Å². The average molecular weight is 271 g/mol. The summed E-state index contributed by atoms with van der Waals surface area (Å²) >= 11 is 0. The second-order valence-corrected chi connectivity index (χ2v) is 4.60. The van der Waals surface area contributed by atoms with Crippen LogP contribution < -0.4 is 5.73 Å².